The Labute approximate surface area is 84.6 Å². The number of thioether (sulfide) groups is 1. The first-order valence-corrected chi connectivity index (χ1v) is 6.36. The zero-order chi connectivity index (χ0) is 9.31. The maximum atomic E-state index is 7.85. The summed E-state index contributed by atoms with van der Waals surface area (Å²) in [4.78, 5) is 2.30. The Kier molecular flexibility index (Phi) is 2.54. The largest absolute Gasteiger partial charge is 0.359 e. The molecular formula is C10H18N2S. The topological polar surface area (TPSA) is 27.1 Å². The minimum atomic E-state index is 0.531. The molecule has 2 rings (SSSR count). The quantitative estimate of drug-likeness (QED) is 0.753. The van der Waals surface area contributed by atoms with E-state index in [9.17, 15) is 0 Å². The molecule has 0 amide bonds. The van der Waals surface area contributed by atoms with Crippen LogP contribution in [0.25, 0.3) is 0 Å². The summed E-state index contributed by atoms with van der Waals surface area (Å²) in [6.45, 7) is 2.26. The van der Waals surface area contributed by atoms with Gasteiger partial charge in [0, 0.05) is 24.3 Å². The average Bonchev–Trinajstić information content (AvgIpc) is 2.90. The van der Waals surface area contributed by atoms with Gasteiger partial charge in [0.2, 0.25) is 0 Å². The predicted octanol–water partition coefficient (Wildman–Crippen LogP) is 2.35. The van der Waals surface area contributed by atoms with Crippen molar-refractivity contribution in [1.82, 2.24) is 4.90 Å². The van der Waals surface area contributed by atoms with Crippen molar-refractivity contribution < 1.29 is 0 Å². The van der Waals surface area contributed by atoms with Crippen LogP contribution in [0.5, 0.6) is 0 Å². The Balaban J connectivity index is 1.89. The van der Waals surface area contributed by atoms with Crippen molar-refractivity contribution in [3.63, 3.8) is 0 Å². The van der Waals surface area contributed by atoms with Crippen molar-refractivity contribution >= 4 is 17.6 Å². The molecule has 1 N–H and O–H groups in total. The highest BCUT2D eigenvalue weighted by Crippen LogP contribution is 2.47. The van der Waals surface area contributed by atoms with E-state index in [1.54, 1.807) is 0 Å². The summed E-state index contributed by atoms with van der Waals surface area (Å²) in [5.41, 5.74) is 0. The molecular weight excluding hydrogens is 180 g/mol. The molecule has 0 radical (unpaired) electrons. The fourth-order valence-electron chi connectivity index (χ4n) is 1.98. The lowest BCUT2D eigenvalue weighted by Gasteiger charge is -2.32. The van der Waals surface area contributed by atoms with Gasteiger partial charge in [0.15, 0.2) is 0 Å². The third-order valence-electron chi connectivity index (χ3n) is 3.19. The molecule has 0 unspecified atom stereocenters. The second kappa shape index (κ2) is 3.52. The monoisotopic (exact) mass is 198 g/mol. The molecule has 74 valence electrons. The molecule has 0 atom stereocenters. The van der Waals surface area contributed by atoms with Crippen LogP contribution in [0, 0.1) is 5.41 Å². The van der Waals surface area contributed by atoms with Gasteiger partial charge in [-0.05, 0) is 31.9 Å². The minimum absolute atomic E-state index is 0.531. The summed E-state index contributed by atoms with van der Waals surface area (Å²) < 4.78 is 0.531. The second-order valence-electron chi connectivity index (χ2n) is 4.21. The maximum Gasteiger partial charge on any atom is 0.0958 e. The summed E-state index contributed by atoms with van der Waals surface area (Å²) in [5, 5.41) is 7.85. The van der Waals surface area contributed by atoms with E-state index < -0.39 is 0 Å². The Bertz CT molecular complexity index is 211. The molecule has 0 aromatic carbocycles. The highest BCUT2D eigenvalue weighted by Gasteiger charge is 2.43. The van der Waals surface area contributed by atoms with Crippen LogP contribution in [-0.4, -0.2) is 34.8 Å². The molecule has 13 heavy (non-hydrogen) atoms. The normalized spacial score (nSPS) is 26.2. The zero-order valence-electron chi connectivity index (χ0n) is 8.31. The summed E-state index contributed by atoms with van der Waals surface area (Å²) >= 11 is 2.00. The minimum Gasteiger partial charge on any atom is -0.359 e. The number of likely N-dealkylation sites (tertiary alicyclic amines) is 1. The number of hydrogen-bond donors (Lipinski definition) is 1. The van der Waals surface area contributed by atoms with Crippen LogP contribution >= 0.6 is 11.8 Å². The number of nitrogens with zero attached hydrogens (tertiary/aromatic N) is 1. The van der Waals surface area contributed by atoms with Crippen LogP contribution in [0.4, 0.5) is 0 Å². The first-order valence-electron chi connectivity index (χ1n) is 5.13. The Morgan fingerprint density at radius 3 is 2.77 bits per heavy atom. The summed E-state index contributed by atoms with van der Waals surface area (Å²) in [5.74, 6) is 0.881. The molecule has 0 bridgehead atoms. The number of amidine groups is 1. The van der Waals surface area contributed by atoms with Crippen LogP contribution in [-0.2, 0) is 0 Å². The lowest BCUT2D eigenvalue weighted by molar-refractivity contribution is 0.363. The van der Waals surface area contributed by atoms with Gasteiger partial charge in [0.05, 0.1) is 5.84 Å². The van der Waals surface area contributed by atoms with E-state index in [4.69, 9.17) is 5.41 Å². The smallest absolute Gasteiger partial charge is 0.0958 e. The third-order valence-corrected chi connectivity index (χ3v) is 4.60. The SMILES string of the molecule is CSC1(CN2CCCCC2=N)CC1. The van der Waals surface area contributed by atoms with Crippen molar-refractivity contribution in [2.45, 2.75) is 36.9 Å². The van der Waals surface area contributed by atoms with E-state index in [0.29, 0.717) is 4.75 Å². The molecule has 1 saturated heterocycles. The zero-order valence-corrected chi connectivity index (χ0v) is 9.12. The van der Waals surface area contributed by atoms with Crippen molar-refractivity contribution in [2.75, 3.05) is 19.3 Å². The first kappa shape index (κ1) is 9.38. The van der Waals surface area contributed by atoms with Gasteiger partial charge in [0.1, 0.15) is 0 Å². The van der Waals surface area contributed by atoms with Crippen LogP contribution in [0.3, 0.4) is 0 Å². The van der Waals surface area contributed by atoms with E-state index >= 15 is 0 Å². The van der Waals surface area contributed by atoms with E-state index in [2.05, 4.69) is 11.2 Å². The molecule has 0 aromatic heterocycles. The Hall–Kier alpha value is -0.180. The average molecular weight is 198 g/mol. The van der Waals surface area contributed by atoms with E-state index in [1.807, 2.05) is 11.8 Å². The Morgan fingerprint density at radius 2 is 2.23 bits per heavy atom. The van der Waals surface area contributed by atoms with Crippen LogP contribution < -0.4 is 0 Å². The van der Waals surface area contributed by atoms with Gasteiger partial charge in [0.25, 0.3) is 0 Å². The highest BCUT2D eigenvalue weighted by atomic mass is 32.2. The van der Waals surface area contributed by atoms with Gasteiger partial charge < -0.3 is 4.90 Å². The van der Waals surface area contributed by atoms with Crippen LogP contribution in [0.15, 0.2) is 0 Å². The first-order chi connectivity index (χ1) is 6.26. The lowest BCUT2D eigenvalue weighted by Crippen LogP contribution is -2.40. The van der Waals surface area contributed by atoms with E-state index in [0.717, 1.165) is 25.3 Å². The summed E-state index contributed by atoms with van der Waals surface area (Å²) in [6, 6.07) is 0. The number of hydrogen-bond acceptors (Lipinski definition) is 2. The van der Waals surface area contributed by atoms with Crippen molar-refractivity contribution in [3.8, 4) is 0 Å². The van der Waals surface area contributed by atoms with Crippen LogP contribution in [0.1, 0.15) is 32.1 Å². The molecule has 1 saturated carbocycles. The molecule has 2 aliphatic rings. The fourth-order valence-corrected chi connectivity index (χ4v) is 2.77. The Morgan fingerprint density at radius 1 is 1.46 bits per heavy atom. The molecule has 2 fully saturated rings. The molecule has 0 spiro atoms. The predicted molar refractivity (Wildman–Crippen MR) is 58.6 cm³/mol. The van der Waals surface area contributed by atoms with Gasteiger partial charge in [-0.3, -0.25) is 5.41 Å². The number of nitrogens with one attached hydrogen (secondary N) is 1. The molecule has 1 heterocycles. The molecule has 1 aliphatic carbocycles. The number of piperidine rings is 1. The fraction of sp³-hybridized carbons (Fsp3) is 0.900. The second-order valence-corrected chi connectivity index (χ2v) is 5.49. The van der Waals surface area contributed by atoms with E-state index in [-0.39, 0.29) is 0 Å². The standard InChI is InChI=1S/C10H18N2S/c1-13-10(5-6-10)8-12-7-3-2-4-9(12)11/h11H,2-8H2,1H3. The maximum absolute atomic E-state index is 7.85. The highest BCUT2D eigenvalue weighted by molar-refractivity contribution is 8.00. The molecule has 0 aromatic rings. The summed E-state index contributed by atoms with van der Waals surface area (Å²) in [7, 11) is 0. The van der Waals surface area contributed by atoms with Gasteiger partial charge in [-0.15, -0.1) is 0 Å². The van der Waals surface area contributed by atoms with Gasteiger partial charge in [-0.1, -0.05) is 0 Å². The lowest BCUT2D eigenvalue weighted by atomic mass is 10.1. The summed E-state index contributed by atoms with van der Waals surface area (Å²) in [6.07, 6.45) is 8.44. The van der Waals surface area contributed by atoms with Crippen molar-refractivity contribution in [1.29, 1.82) is 5.41 Å². The third kappa shape index (κ3) is 2.01. The van der Waals surface area contributed by atoms with Crippen LogP contribution in [0.2, 0.25) is 0 Å². The molecule has 3 heteroatoms. The van der Waals surface area contributed by atoms with E-state index in [1.165, 1.54) is 25.7 Å². The molecule has 2 nitrogen and oxygen atoms in total. The van der Waals surface area contributed by atoms with Gasteiger partial charge in [-0.2, -0.15) is 11.8 Å². The van der Waals surface area contributed by atoms with Crippen molar-refractivity contribution in [2.24, 2.45) is 0 Å². The van der Waals surface area contributed by atoms with Crippen molar-refractivity contribution in [3.05, 3.63) is 0 Å². The number of rotatable bonds is 3. The van der Waals surface area contributed by atoms with Gasteiger partial charge >= 0.3 is 0 Å². The molecule has 1 aliphatic heterocycles. The van der Waals surface area contributed by atoms with Gasteiger partial charge in [-0.25, -0.2) is 0 Å².